The van der Waals surface area contributed by atoms with Crippen LogP contribution >= 0.6 is 0 Å². The van der Waals surface area contributed by atoms with Gasteiger partial charge in [0.1, 0.15) is 58.4 Å². The van der Waals surface area contributed by atoms with Gasteiger partial charge >= 0.3 is 0 Å². The monoisotopic (exact) mass is 936 g/mol. The Bertz CT molecular complexity index is 2420. The SMILES string of the molecule is C[S+](C)Cc1ccc(C(=O)c2ccccc2)cc1.Fc1c(F)c(F)c([B-](c2c(F)c(F)c(F)c(F)c2F)(c2c(F)c(F)c(F)c(F)c2F)c2c(F)c(F)c(F)c(F)c2F)c(F)c1F. The smallest absolute Gasteiger partial charge is 0.200 e. The summed E-state index contributed by atoms with van der Waals surface area (Å²) >= 11 is 0. The molecule has 6 rings (SSSR count). The van der Waals surface area contributed by atoms with Gasteiger partial charge in [0.15, 0.2) is 75.6 Å². The highest BCUT2D eigenvalue weighted by Gasteiger charge is 2.52. The summed E-state index contributed by atoms with van der Waals surface area (Å²) in [5.74, 6) is -70.2. The summed E-state index contributed by atoms with van der Waals surface area (Å²) in [4.78, 5) is 12.2. The highest BCUT2D eigenvalue weighted by Crippen LogP contribution is 2.31. The molecule has 63 heavy (non-hydrogen) atoms. The largest absolute Gasteiger partial charge is 0.289 e. The minimum absolute atomic E-state index is 0.0918. The van der Waals surface area contributed by atoms with Gasteiger partial charge in [-0.2, -0.15) is 0 Å². The molecule has 0 fully saturated rings. The molecule has 0 aliphatic carbocycles. The maximum absolute atomic E-state index is 15.4. The number of carbonyl (C=O) groups excluding carboxylic acids is 1. The Kier molecular flexibility index (Phi) is 13.7. The summed E-state index contributed by atoms with van der Waals surface area (Å²) in [7, 11) is 0.395. The third-order valence-corrected chi connectivity index (χ3v) is 10.3. The predicted molar refractivity (Wildman–Crippen MR) is 188 cm³/mol. The Morgan fingerprint density at radius 3 is 0.810 bits per heavy atom. The second kappa shape index (κ2) is 18.0. The molecule has 0 saturated carbocycles. The molecule has 0 saturated heterocycles. The summed E-state index contributed by atoms with van der Waals surface area (Å²) in [6.45, 7) is 0. The molecule has 0 radical (unpaired) electrons. The first-order valence-electron chi connectivity index (χ1n) is 16.8. The van der Waals surface area contributed by atoms with E-state index in [0.29, 0.717) is 10.9 Å². The van der Waals surface area contributed by atoms with E-state index in [4.69, 9.17) is 0 Å². The normalized spacial score (nSPS) is 11.6. The van der Waals surface area contributed by atoms with Crippen molar-refractivity contribution >= 4 is 44.7 Å². The summed E-state index contributed by atoms with van der Waals surface area (Å²) < 4.78 is 294. The molecule has 332 valence electrons. The van der Waals surface area contributed by atoms with Crippen molar-refractivity contribution in [1.29, 1.82) is 0 Å². The van der Waals surface area contributed by atoms with Crippen LogP contribution in [0.5, 0.6) is 0 Å². The molecule has 23 heteroatoms. The van der Waals surface area contributed by atoms with Gasteiger partial charge in [-0.05, 0) is 10.9 Å². The third-order valence-electron chi connectivity index (χ3n) is 9.41. The molecule has 0 heterocycles. The van der Waals surface area contributed by atoms with E-state index >= 15 is 35.1 Å². The van der Waals surface area contributed by atoms with Crippen LogP contribution in [0.4, 0.5) is 87.8 Å². The van der Waals surface area contributed by atoms with Crippen LogP contribution in [-0.4, -0.2) is 24.4 Å². The Hall–Kier alpha value is -6.00. The second-order valence-corrected chi connectivity index (χ2v) is 15.6. The molecule has 0 N–H and O–H groups in total. The van der Waals surface area contributed by atoms with Crippen molar-refractivity contribution in [3.05, 3.63) is 188 Å². The van der Waals surface area contributed by atoms with Gasteiger partial charge in [0.2, 0.25) is 0 Å². The van der Waals surface area contributed by atoms with E-state index in [2.05, 4.69) is 24.6 Å². The lowest BCUT2D eigenvalue weighted by Crippen LogP contribution is -2.81. The zero-order valence-electron chi connectivity index (χ0n) is 30.9. The van der Waals surface area contributed by atoms with Gasteiger partial charge in [-0.1, -0.05) is 54.6 Å². The molecule has 0 unspecified atom stereocenters. The molecular weight excluding hydrogens is 919 g/mol. The molecule has 6 aromatic carbocycles. The fourth-order valence-corrected chi connectivity index (χ4v) is 7.58. The third kappa shape index (κ3) is 7.88. The summed E-state index contributed by atoms with van der Waals surface area (Å²) in [5, 5.41) is 0. The molecule has 0 amide bonds. The molecule has 0 bridgehead atoms. The standard InChI is InChI=1S/C24BF20.C16H17OS/c26-5-1(6(27)14(35)21(42)13(5)34)25(2-7(28)15(36)22(43)16(37)8(2)29,3-9(30)17(38)23(44)18(39)10(3)31)4-11(32)19(40)24(45)20(41)12(4)33;1-18(2)12-13-8-10-15(11-9-13)16(17)14-6-4-3-5-7-14/h;3-11H,12H2,1-2H3/q-1;+1. The first-order valence-corrected chi connectivity index (χ1v) is 19.0. The lowest BCUT2D eigenvalue weighted by atomic mass is 9.12. The number of hydrogen-bond acceptors (Lipinski definition) is 1. The average molecular weight is 936 g/mol. The fraction of sp³-hybridized carbons (Fsp3) is 0.0750. The van der Waals surface area contributed by atoms with E-state index in [9.17, 15) is 57.5 Å². The number of carbonyl (C=O) groups is 1. The van der Waals surface area contributed by atoms with Crippen LogP contribution in [0, 0.1) is 116 Å². The van der Waals surface area contributed by atoms with Crippen LogP contribution in [0.2, 0.25) is 0 Å². The highest BCUT2D eigenvalue weighted by molar-refractivity contribution is 7.94. The summed E-state index contributed by atoms with van der Waals surface area (Å²) in [6, 6.07) is 17.4. The maximum Gasteiger partial charge on any atom is 0.200 e. The minimum Gasteiger partial charge on any atom is -0.289 e. The van der Waals surface area contributed by atoms with Crippen LogP contribution in [0.3, 0.4) is 0 Å². The summed E-state index contributed by atoms with van der Waals surface area (Å²) in [5.41, 5.74) is -11.5. The summed E-state index contributed by atoms with van der Waals surface area (Å²) in [6.07, 6.45) is -2.77. The Balaban J connectivity index is 0.000000345. The quantitative estimate of drug-likeness (QED) is 0.0372. The first kappa shape index (κ1) is 48.0. The van der Waals surface area contributed by atoms with Crippen molar-refractivity contribution in [2.45, 2.75) is 5.75 Å². The average Bonchev–Trinajstić information content (AvgIpc) is 3.26. The van der Waals surface area contributed by atoms with Crippen molar-refractivity contribution in [3.8, 4) is 0 Å². The lowest BCUT2D eigenvalue weighted by molar-refractivity contribution is 0.103. The van der Waals surface area contributed by atoms with Crippen molar-refractivity contribution in [3.63, 3.8) is 0 Å². The molecule has 0 aromatic heterocycles. The predicted octanol–water partition coefficient (Wildman–Crippen LogP) is 9.14. The van der Waals surface area contributed by atoms with E-state index in [0.717, 1.165) is 16.9 Å². The molecule has 0 spiro atoms. The molecule has 0 aliphatic heterocycles. The van der Waals surface area contributed by atoms with Gasteiger partial charge in [0, 0.05) is 16.7 Å². The van der Waals surface area contributed by atoms with Gasteiger partial charge in [-0.3, -0.25) is 4.79 Å². The topological polar surface area (TPSA) is 17.1 Å². The zero-order chi connectivity index (χ0) is 47.3. The van der Waals surface area contributed by atoms with Crippen molar-refractivity contribution in [1.82, 2.24) is 0 Å². The Morgan fingerprint density at radius 1 is 0.349 bits per heavy atom. The van der Waals surface area contributed by atoms with Crippen LogP contribution in [0.1, 0.15) is 21.5 Å². The first-order chi connectivity index (χ1) is 29.4. The van der Waals surface area contributed by atoms with Gasteiger partial charge in [0.25, 0.3) is 0 Å². The zero-order valence-corrected chi connectivity index (χ0v) is 31.7. The van der Waals surface area contributed by atoms with Crippen molar-refractivity contribution < 1.29 is 92.6 Å². The van der Waals surface area contributed by atoms with E-state index < -0.39 is 144 Å². The molecule has 0 aliphatic rings. The van der Waals surface area contributed by atoms with E-state index in [-0.39, 0.29) is 5.78 Å². The van der Waals surface area contributed by atoms with Gasteiger partial charge in [-0.15, -0.1) is 21.9 Å². The van der Waals surface area contributed by atoms with E-state index in [1.807, 2.05) is 42.5 Å². The molecule has 1 nitrogen and oxygen atoms in total. The van der Waals surface area contributed by atoms with E-state index in [1.165, 1.54) is 5.56 Å². The Labute approximate surface area is 342 Å². The van der Waals surface area contributed by atoms with Crippen LogP contribution in [0.15, 0.2) is 54.6 Å². The molecule has 0 atom stereocenters. The van der Waals surface area contributed by atoms with E-state index in [1.54, 1.807) is 0 Å². The van der Waals surface area contributed by atoms with Crippen LogP contribution < -0.4 is 21.9 Å². The number of halogens is 20. The van der Waals surface area contributed by atoms with Crippen molar-refractivity contribution in [2.75, 3.05) is 12.5 Å². The number of rotatable bonds is 8. The second-order valence-electron chi connectivity index (χ2n) is 13.3. The van der Waals surface area contributed by atoms with Gasteiger partial charge in [-0.25, -0.2) is 87.8 Å². The van der Waals surface area contributed by atoms with Crippen LogP contribution in [0.25, 0.3) is 0 Å². The maximum atomic E-state index is 15.4. The number of benzene rings is 6. The fourth-order valence-electron chi connectivity index (χ4n) is 6.72. The van der Waals surface area contributed by atoms with Crippen molar-refractivity contribution in [2.24, 2.45) is 0 Å². The number of hydrogen-bond donors (Lipinski definition) is 0. The number of ketones is 1. The van der Waals surface area contributed by atoms with Gasteiger partial charge in [0.05, 0.1) is 12.5 Å². The minimum atomic E-state index is -7.22. The highest BCUT2D eigenvalue weighted by atomic mass is 32.2. The molecular formula is C40H17BF20OS. The van der Waals surface area contributed by atoms with Gasteiger partial charge < -0.3 is 0 Å². The molecule has 6 aromatic rings. The van der Waals surface area contributed by atoms with Crippen LogP contribution in [-0.2, 0) is 16.6 Å². The Morgan fingerprint density at radius 2 is 0.571 bits per heavy atom. The lowest BCUT2D eigenvalue weighted by Gasteiger charge is -2.44.